The third-order valence-corrected chi connectivity index (χ3v) is 2.73. The molecule has 1 rings (SSSR count). The fourth-order valence-electron chi connectivity index (χ4n) is 1.65. The van der Waals surface area contributed by atoms with Crippen molar-refractivity contribution in [2.24, 2.45) is 5.73 Å². The molecular formula is C13H20N4O. The van der Waals surface area contributed by atoms with Gasteiger partial charge < -0.3 is 16.0 Å². The first-order valence-corrected chi connectivity index (χ1v) is 6.04. The Morgan fingerprint density at radius 1 is 1.39 bits per heavy atom. The van der Waals surface area contributed by atoms with Gasteiger partial charge in [0.25, 0.3) is 0 Å². The van der Waals surface area contributed by atoms with Crippen LogP contribution in [-0.4, -0.2) is 29.9 Å². The van der Waals surface area contributed by atoms with Gasteiger partial charge in [0.1, 0.15) is 5.84 Å². The van der Waals surface area contributed by atoms with Crippen LogP contribution in [0.5, 0.6) is 0 Å². The first kappa shape index (κ1) is 14.0. The SMILES string of the molecule is CCN(CC)C(=O)NCc1cccc(C(=N)N)c1. The zero-order chi connectivity index (χ0) is 13.5. The number of amides is 2. The summed E-state index contributed by atoms with van der Waals surface area (Å²) < 4.78 is 0. The first-order valence-electron chi connectivity index (χ1n) is 6.04. The summed E-state index contributed by atoms with van der Waals surface area (Å²) >= 11 is 0. The summed E-state index contributed by atoms with van der Waals surface area (Å²) in [4.78, 5) is 13.5. The predicted molar refractivity (Wildman–Crippen MR) is 72.6 cm³/mol. The van der Waals surface area contributed by atoms with Crippen LogP contribution in [0.3, 0.4) is 0 Å². The van der Waals surface area contributed by atoms with E-state index in [9.17, 15) is 4.79 Å². The molecule has 0 aliphatic heterocycles. The number of hydrogen-bond donors (Lipinski definition) is 3. The number of benzene rings is 1. The van der Waals surface area contributed by atoms with E-state index in [0.717, 1.165) is 5.56 Å². The van der Waals surface area contributed by atoms with Gasteiger partial charge in [-0.1, -0.05) is 18.2 Å². The van der Waals surface area contributed by atoms with E-state index in [0.29, 0.717) is 25.2 Å². The molecule has 0 aromatic heterocycles. The maximum atomic E-state index is 11.7. The summed E-state index contributed by atoms with van der Waals surface area (Å²) in [5.41, 5.74) is 7.02. The van der Waals surface area contributed by atoms with Gasteiger partial charge in [0.2, 0.25) is 0 Å². The van der Waals surface area contributed by atoms with E-state index in [1.165, 1.54) is 0 Å². The van der Waals surface area contributed by atoms with E-state index in [4.69, 9.17) is 11.1 Å². The van der Waals surface area contributed by atoms with Crippen LogP contribution in [-0.2, 0) is 6.54 Å². The minimum Gasteiger partial charge on any atom is -0.384 e. The zero-order valence-electron chi connectivity index (χ0n) is 10.9. The summed E-state index contributed by atoms with van der Waals surface area (Å²) in [5.74, 6) is 0.0342. The van der Waals surface area contributed by atoms with Gasteiger partial charge in [-0.25, -0.2) is 4.79 Å². The van der Waals surface area contributed by atoms with Crippen LogP contribution in [0.2, 0.25) is 0 Å². The Morgan fingerprint density at radius 3 is 2.61 bits per heavy atom. The monoisotopic (exact) mass is 248 g/mol. The molecular weight excluding hydrogens is 228 g/mol. The van der Waals surface area contributed by atoms with Gasteiger partial charge in [0.05, 0.1) is 0 Å². The Morgan fingerprint density at radius 2 is 2.06 bits per heavy atom. The molecule has 4 N–H and O–H groups in total. The van der Waals surface area contributed by atoms with Crippen LogP contribution in [0.15, 0.2) is 24.3 Å². The van der Waals surface area contributed by atoms with E-state index in [-0.39, 0.29) is 11.9 Å². The minimum atomic E-state index is -0.0757. The number of carbonyl (C=O) groups is 1. The van der Waals surface area contributed by atoms with Crippen LogP contribution >= 0.6 is 0 Å². The van der Waals surface area contributed by atoms with Gasteiger partial charge in [-0.2, -0.15) is 0 Å². The van der Waals surface area contributed by atoms with Gasteiger partial charge >= 0.3 is 6.03 Å². The van der Waals surface area contributed by atoms with E-state index in [1.807, 2.05) is 32.0 Å². The second kappa shape index (κ2) is 6.64. The van der Waals surface area contributed by atoms with Crippen molar-refractivity contribution >= 4 is 11.9 Å². The number of nitrogens with two attached hydrogens (primary N) is 1. The largest absolute Gasteiger partial charge is 0.384 e. The average Bonchev–Trinajstić information content (AvgIpc) is 2.38. The van der Waals surface area contributed by atoms with Crippen LogP contribution < -0.4 is 11.1 Å². The number of nitrogens with zero attached hydrogens (tertiary/aromatic N) is 1. The lowest BCUT2D eigenvalue weighted by atomic mass is 10.1. The molecule has 0 saturated heterocycles. The topological polar surface area (TPSA) is 82.2 Å². The summed E-state index contributed by atoms with van der Waals surface area (Å²) in [5, 5.41) is 10.2. The number of urea groups is 1. The van der Waals surface area contributed by atoms with Gasteiger partial charge in [-0.3, -0.25) is 5.41 Å². The molecule has 0 heterocycles. The molecule has 5 heteroatoms. The van der Waals surface area contributed by atoms with E-state index in [1.54, 1.807) is 11.0 Å². The van der Waals surface area contributed by atoms with E-state index in [2.05, 4.69) is 5.32 Å². The quantitative estimate of drug-likeness (QED) is 0.545. The summed E-state index contributed by atoms with van der Waals surface area (Å²) in [7, 11) is 0. The van der Waals surface area contributed by atoms with Crippen molar-refractivity contribution < 1.29 is 4.79 Å². The lowest BCUT2D eigenvalue weighted by Crippen LogP contribution is -2.39. The fourth-order valence-corrected chi connectivity index (χ4v) is 1.65. The molecule has 0 aliphatic rings. The van der Waals surface area contributed by atoms with Gasteiger partial charge in [-0.05, 0) is 25.5 Å². The van der Waals surface area contributed by atoms with Crippen LogP contribution in [0.25, 0.3) is 0 Å². The van der Waals surface area contributed by atoms with Crippen LogP contribution in [0, 0.1) is 5.41 Å². The molecule has 1 aromatic carbocycles. The molecule has 0 saturated carbocycles. The Hall–Kier alpha value is -2.04. The molecule has 0 fully saturated rings. The van der Waals surface area contributed by atoms with Crippen molar-refractivity contribution in [3.63, 3.8) is 0 Å². The third-order valence-electron chi connectivity index (χ3n) is 2.73. The number of nitrogen functional groups attached to an aromatic ring is 1. The highest BCUT2D eigenvalue weighted by molar-refractivity contribution is 5.95. The van der Waals surface area contributed by atoms with Crippen molar-refractivity contribution in [2.75, 3.05) is 13.1 Å². The molecule has 0 unspecified atom stereocenters. The summed E-state index contributed by atoms with van der Waals surface area (Å²) in [6, 6.07) is 7.24. The van der Waals surface area contributed by atoms with Crippen molar-refractivity contribution in [1.82, 2.24) is 10.2 Å². The number of hydrogen-bond acceptors (Lipinski definition) is 2. The van der Waals surface area contributed by atoms with Gasteiger partial charge in [0, 0.05) is 25.2 Å². The Labute approximate surface area is 107 Å². The molecule has 18 heavy (non-hydrogen) atoms. The Kier molecular flexibility index (Phi) is 5.17. The van der Waals surface area contributed by atoms with Crippen molar-refractivity contribution in [3.8, 4) is 0 Å². The second-order valence-electron chi connectivity index (χ2n) is 3.95. The third kappa shape index (κ3) is 3.76. The molecule has 0 radical (unpaired) electrons. The molecule has 0 spiro atoms. The summed E-state index contributed by atoms with van der Waals surface area (Å²) in [6.07, 6.45) is 0. The van der Waals surface area contributed by atoms with Crippen LogP contribution in [0.1, 0.15) is 25.0 Å². The van der Waals surface area contributed by atoms with E-state index >= 15 is 0 Å². The predicted octanol–water partition coefficient (Wildman–Crippen LogP) is 1.52. The number of carbonyl (C=O) groups excluding carboxylic acids is 1. The highest BCUT2D eigenvalue weighted by Crippen LogP contribution is 2.04. The van der Waals surface area contributed by atoms with Crippen LogP contribution in [0.4, 0.5) is 4.79 Å². The highest BCUT2D eigenvalue weighted by atomic mass is 16.2. The number of nitrogens with one attached hydrogen (secondary N) is 2. The molecule has 98 valence electrons. The molecule has 1 aromatic rings. The highest BCUT2D eigenvalue weighted by Gasteiger charge is 2.08. The fraction of sp³-hybridized carbons (Fsp3) is 0.385. The standard InChI is InChI=1S/C13H20N4O/c1-3-17(4-2)13(18)16-9-10-6-5-7-11(8-10)12(14)15/h5-8H,3-4,9H2,1-2H3,(H3,14,15)(H,16,18). The second-order valence-corrected chi connectivity index (χ2v) is 3.95. The molecule has 5 nitrogen and oxygen atoms in total. The lowest BCUT2D eigenvalue weighted by Gasteiger charge is -2.19. The van der Waals surface area contributed by atoms with E-state index < -0.39 is 0 Å². The van der Waals surface area contributed by atoms with Crippen molar-refractivity contribution in [1.29, 1.82) is 5.41 Å². The average molecular weight is 248 g/mol. The minimum absolute atomic E-state index is 0.0342. The molecule has 0 bridgehead atoms. The van der Waals surface area contributed by atoms with Gasteiger partial charge in [0.15, 0.2) is 0 Å². The first-order chi connectivity index (χ1) is 8.58. The molecule has 2 amide bonds. The number of rotatable bonds is 5. The Bertz CT molecular complexity index is 427. The van der Waals surface area contributed by atoms with Crippen molar-refractivity contribution in [3.05, 3.63) is 35.4 Å². The normalized spacial score (nSPS) is 9.89. The van der Waals surface area contributed by atoms with Gasteiger partial charge in [-0.15, -0.1) is 0 Å². The zero-order valence-corrected chi connectivity index (χ0v) is 10.9. The smallest absolute Gasteiger partial charge is 0.317 e. The maximum absolute atomic E-state index is 11.7. The lowest BCUT2D eigenvalue weighted by molar-refractivity contribution is 0.203. The maximum Gasteiger partial charge on any atom is 0.317 e. The van der Waals surface area contributed by atoms with Crippen molar-refractivity contribution in [2.45, 2.75) is 20.4 Å². The molecule has 0 aliphatic carbocycles. The molecule has 0 atom stereocenters. The number of amidine groups is 1. The Balaban J connectivity index is 2.61. The summed E-state index contributed by atoms with van der Waals surface area (Å²) in [6.45, 7) is 5.71.